The molecular weight excluding hydrogens is 440 g/mol. The fourth-order valence-corrected chi connectivity index (χ4v) is 2.62. The minimum absolute atomic E-state index is 0.134. The molecule has 0 radical (unpaired) electrons. The van der Waals surface area contributed by atoms with Crippen molar-refractivity contribution >= 4 is 23.2 Å². The fraction of sp³-hybridized carbons (Fsp3) is 0.0952. The first-order valence-corrected chi connectivity index (χ1v) is 8.88. The maximum atomic E-state index is 12.8. The minimum atomic E-state index is -4.60. The molecule has 166 valence electrons. The van der Waals surface area contributed by atoms with E-state index in [1.54, 1.807) is 0 Å². The van der Waals surface area contributed by atoms with Crippen LogP contribution in [0.3, 0.4) is 0 Å². The molecule has 2 amide bonds. The Morgan fingerprint density at radius 2 is 1.00 bits per heavy atom. The van der Waals surface area contributed by atoms with Gasteiger partial charge in [0.2, 0.25) is 0 Å². The number of hydrogen-bond acceptors (Lipinski definition) is 3. The third kappa shape index (κ3) is 5.62. The normalized spacial score (nSPS) is 11.7. The van der Waals surface area contributed by atoms with E-state index in [9.17, 15) is 35.9 Å². The van der Waals surface area contributed by atoms with Crippen LogP contribution in [0.15, 0.2) is 66.7 Å². The van der Waals surface area contributed by atoms with Gasteiger partial charge in [-0.2, -0.15) is 26.3 Å². The highest BCUT2D eigenvalue weighted by Gasteiger charge is 2.31. The van der Waals surface area contributed by atoms with Crippen LogP contribution in [0.2, 0.25) is 0 Å². The first kappa shape index (κ1) is 22.8. The molecule has 1 aromatic heterocycles. The fourth-order valence-electron chi connectivity index (χ4n) is 2.62. The van der Waals surface area contributed by atoms with Crippen molar-refractivity contribution in [1.29, 1.82) is 0 Å². The molecule has 0 bridgehead atoms. The van der Waals surface area contributed by atoms with E-state index in [-0.39, 0.29) is 22.8 Å². The van der Waals surface area contributed by atoms with Crippen molar-refractivity contribution in [1.82, 2.24) is 4.98 Å². The largest absolute Gasteiger partial charge is 0.416 e. The summed E-state index contributed by atoms with van der Waals surface area (Å²) < 4.78 is 76.8. The topological polar surface area (TPSA) is 71.1 Å². The molecule has 0 saturated carbocycles. The number of alkyl halides is 6. The van der Waals surface area contributed by atoms with Gasteiger partial charge in [-0.25, -0.2) is 4.98 Å². The molecule has 0 unspecified atom stereocenters. The van der Waals surface area contributed by atoms with E-state index >= 15 is 0 Å². The molecule has 3 aromatic rings. The predicted octanol–water partition coefficient (Wildman–Crippen LogP) is 5.62. The molecule has 0 aliphatic rings. The van der Waals surface area contributed by atoms with Gasteiger partial charge >= 0.3 is 12.4 Å². The van der Waals surface area contributed by atoms with Crippen molar-refractivity contribution in [2.75, 3.05) is 10.6 Å². The monoisotopic (exact) mass is 453 g/mol. The van der Waals surface area contributed by atoms with Gasteiger partial charge in [-0.1, -0.05) is 18.2 Å². The maximum absolute atomic E-state index is 12.8. The molecule has 0 aliphatic carbocycles. The lowest BCUT2D eigenvalue weighted by Gasteiger charge is -2.11. The molecule has 1 heterocycles. The molecule has 0 fully saturated rings. The van der Waals surface area contributed by atoms with E-state index in [1.165, 1.54) is 30.3 Å². The second kappa shape index (κ2) is 8.69. The number of nitrogens with one attached hydrogen (secondary N) is 2. The molecule has 32 heavy (non-hydrogen) atoms. The van der Waals surface area contributed by atoms with E-state index in [0.29, 0.717) is 0 Å². The molecule has 0 saturated heterocycles. The number of anilines is 2. The van der Waals surface area contributed by atoms with Crippen LogP contribution in [0.25, 0.3) is 0 Å². The summed E-state index contributed by atoms with van der Waals surface area (Å²) in [5.74, 6) is -1.75. The second-order valence-corrected chi connectivity index (χ2v) is 6.47. The summed E-state index contributed by atoms with van der Waals surface area (Å²) in [4.78, 5) is 28.5. The Morgan fingerprint density at radius 1 is 0.625 bits per heavy atom. The molecule has 2 N–H and O–H groups in total. The lowest BCUT2D eigenvalue weighted by molar-refractivity contribution is -0.138. The Labute approximate surface area is 177 Å². The second-order valence-electron chi connectivity index (χ2n) is 6.47. The van der Waals surface area contributed by atoms with E-state index in [4.69, 9.17) is 0 Å². The highest BCUT2D eigenvalue weighted by molar-refractivity contribution is 6.06. The van der Waals surface area contributed by atoms with Crippen molar-refractivity contribution in [3.05, 3.63) is 89.2 Å². The third-order valence-electron chi connectivity index (χ3n) is 4.11. The van der Waals surface area contributed by atoms with Crippen molar-refractivity contribution in [2.24, 2.45) is 0 Å². The van der Waals surface area contributed by atoms with Gasteiger partial charge in [0.1, 0.15) is 11.4 Å². The van der Waals surface area contributed by atoms with Crippen LogP contribution in [0.4, 0.5) is 37.7 Å². The maximum Gasteiger partial charge on any atom is 0.416 e. The van der Waals surface area contributed by atoms with Crippen molar-refractivity contribution in [2.45, 2.75) is 12.4 Å². The number of aromatic nitrogens is 1. The quantitative estimate of drug-likeness (QED) is 0.504. The van der Waals surface area contributed by atoms with Crippen LogP contribution in [-0.4, -0.2) is 16.8 Å². The number of amides is 2. The van der Waals surface area contributed by atoms with Crippen LogP contribution in [0, 0.1) is 0 Å². The number of hydrogen-bond donors (Lipinski definition) is 2. The first-order chi connectivity index (χ1) is 14.9. The summed E-state index contributed by atoms with van der Waals surface area (Å²) in [6.45, 7) is 0. The Kier molecular flexibility index (Phi) is 6.19. The highest BCUT2D eigenvalue weighted by atomic mass is 19.4. The van der Waals surface area contributed by atoms with Crippen molar-refractivity contribution < 1.29 is 35.9 Å². The van der Waals surface area contributed by atoms with Crippen LogP contribution >= 0.6 is 0 Å². The number of halogens is 6. The Hall–Kier alpha value is -3.89. The van der Waals surface area contributed by atoms with Gasteiger partial charge in [-0.15, -0.1) is 0 Å². The van der Waals surface area contributed by atoms with Crippen molar-refractivity contribution in [3.8, 4) is 0 Å². The zero-order valence-electron chi connectivity index (χ0n) is 15.9. The van der Waals surface area contributed by atoms with E-state index in [2.05, 4.69) is 15.6 Å². The van der Waals surface area contributed by atoms with E-state index < -0.39 is 35.3 Å². The standard InChI is InChI=1S/C21H13F6N3O2/c22-20(23,24)12-4-1-6-14(10-12)28-18(31)16-8-3-9-17(30-16)19(32)29-15-7-2-5-13(11-15)21(25,26)27/h1-11H,(H,28,31)(H,29,32). The smallest absolute Gasteiger partial charge is 0.321 e. The summed E-state index contributed by atoms with van der Waals surface area (Å²) in [5, 5.41) is 4.50. The van der Waals surface area contributed by atoms with Gasteiger partial charge < -0.3 is 10.6 Å². The molecular formula is C21H13F6N3O2. The SMILES string of the molecule is O=C(Nc1cccc(C(F)(F)F)c1)c1cccc(C(=O)Nc2cccc(C(F)(F)F)c2)n1. The molecule has 5 nitrogen and oxygen atoms in total. The average Bonchev–Trinajstić information content (AvgIpc) is 2.73. The molecule has 0 atom stereocenters. The summed E-state index contributed by atoms with van der Waals surface area (Å²) in [6, 6.07) is 11.6. The zero-order valence-corrected chi connectivity index (χ0v) is 15.9. The minimum Gasteiger partial charge on any atom is -0.321 e. The Morgan fingerprint density at radius 3 is 1.38 bits per heavy atom. The molecule has 3 rings (SSSR count). The number of carbonyl (C=O) groups excluding carboxylic acids is 2. The van der Waals surface area contributed by atoms with E-state index in [0.717, 1.165) is 36.4 Å². The lowest BCUT2D eigenvalue weighted by atomic mass is 10.2. The van der Waals surface area contributed by atoms with Gasteiger partial charge in [0.25, 0.3) is 11.8 Å². The molecule has 0 spiro atoms. The number of benzene rings is 2. The van der Waals surface area contributed by atoms with Gasteiger partial charge in [-0.05, 0) is 48.5 Å². The van der Waals surface area contributed by atoms with Gasteiger partial charge in [0.05, 0.1) is 11.1 Å². The Bertz CT molecular complexity index is 1070. The van der Waals surface area contributed by atoms with Gasteiger partial charge in [-0.3, -0.25) is 9.59 Å². The van der Waals surface area contributed by atoms with Gasteiger partial charge in [0.15, 0.2) is 0 Å². The molecule has 2 aromatic carbocycles. The first-order valence-electron chi connectivity index (χ1n) is 8.88. The Balaban J connectivity index is 1.75. The number of nitrogens with zero attached hydrogens (tertiary/aromatic N) is 1. The van der Waals surface area contributed by atoms with E-state index in [1.807, 2.05) is 0 Å². The number of carbonyl (C=O) groups is 2. The molecule has 11 heteroatoms. The summed E-state index contributed by atoms with van der Waals surface area (Å²) in [6.07, 6.45) is -9.19. The summed E-state index contributed by atoms with van der Waals surface area (Å²) >= 11 is 0. The van der Waals surface area contributed by atoms with Crippen LogP contribution in [-0.2, 0) is 12.4 Å². The number of rotatable bonds is 4. The predicted molar refractivity (Wildman–Crippen MR) is 103 cm³/mol. The van der Waals surface area contributed by atoms with Crippen LogP contribution < -0.4 is 10.6 Å². The number of pyridine rings is 1. The third-order valence-corrected chi connectivity index (χ3v) is 4.11. The summed E-state index contributed by atoms with van der Waals surface area (Å²) in [5.41, 5.74) is -2.75. The molecule has 0 aliphatic heterocycles. The average molecular weight is 453 g/mol. The highest BCUT2D eigenvalue weighted by Crippen LogP contribution is 2.31. The van der Waals surface area contributed by atoms with Gasteiger partial charge in [0, 0.05) is 11.4 Å². The summed E-state index contributed by atoms with van der Waals surface area (Å²) in [7, 11) is 0. The van der Waals surface area contributed by atoms with Crippen molar-refractivity contribution in [3.63, 3.8) is 0 Å². The van der Waals surface area contributed by atoms with Crippen LogP contribution in [0.1, 0.15) is 32.1 Å². The lowest BCUT2D eigenvalue weighted by Crippen LogP contribution is -2.19. The van der Waals surface area contributed by atoms with Crippen LogP contribution in [0.5, 0.6) is 0 Å². The zero-order chi connectivity index (χ0) is 23.5.